The fourth-order valence-corrected chi connectivity index (χ4v) is 3.72. The Bertz CT molecular complexity index is 971. The van der Waals surface area contributed by atoms with Gasteiger partial charge in [-0.05, 0) is 47.7 Å². The molecule has 150 valence electrons. The lowest BCUT2D eigenvalue weighted by Gasteiger charge is -2.16. The van der Waals surface area contributed by atoms with Gasteiger partial charge in [-0.1, -0.05) is 41.9 Å². The van der Waals surface area contributed by atoms with Crippen molar-refractivity contribution in [3.8, 4) is 22.3 Å². The minimum Gasteiger partial charge on any atom is -0.369 e. The molecule has 0 spiro atoms. The van der Waals surface area contributed by atoms with Crippen molar-refractivity contribution >= 4 is 23.4 Å². The third kappa shape index (κ3) is 5.03. The molecule has 1 aliphatic rings. The van der Waals surface area contributed by atoms with E-state index >= 15 is 0 Å². The number of nitrogen functional groups attached to an aromatic ring is 1. The second-order valence-electron chi connectivity index (χ2n) is 7.11. The third-order valence-electron chi connectivity index (χ3n) is 4.98. The predicted octanol–water partition coefficient (Wildman–Crippen LogP) is 4.06. The van der Waals surface area contributed by atoms with E-state index in [1.165, 1.54) is 6.42 Å². The summed E-state index contributed by atoms with van der Waals surface area (Å²) in [5.74, 6) is 1.03. The second kappa shape index (κ2) is 9.22. The highest BCUT2D eigenvalue weighted by atomic mass is 35.5. The van der Waals surface area contributed by atoms with Crippen LogP contribution < -0.4 is 16.5 Å². The molecule has 3 aromatic rings. The molecule has 1 aliphatic heterocycles. The Labute approximate surface area is 176 Å². The number of hydrogen-bond acceptors (Lipinski definition) is 6. The van der Waals surface area contributed by atoms with E-state index in [-0.39, 0.29) is 5.95 Å². The van der Waals surface area contributed by atoms with Crippen LogP contribution in [-0.4, -0.2) is 41.2 Å². The highest BCUT2D eigenvalue weighted by molar-refractivity contribution is 6.30. The minimum absolute atomic E-state index is 0.267. The highest BCUT2D eigenvalue weighted by Gasteiger charge is 2.12. The van der Waals surface area contributed by atoms with Gasteiger partial charge in [-0.3, -0.25) is 5.43 Å². The SMILES string of the molecule is Nc1ncc(-c2cccc(-c3cccc(Cl)c3)c2)c(NCCCN2CCCN2)n1. The molecular formula is C22H25ClN6. The van der Waals surface area contributed by atoms with Crippen LogP contribution in [0.1, 0.15) is 12.8 Å². The number of aromatic nitrogens is 2. The number of hydrazine groups is 1. The lowest BCUT2D eigenvalue weighted by molar-refractivity contribution is 0.253. The Morgan fingerprint density at radius 2 is 1.90 bits per heavy atom. The molecule has 2 aromatic carbocycles. The van der Waals surface area contributed by atoms with Gasteiger partial charge in [0.1, 0.15) is 5.82 Å². The smallest absolute Gasteiger partial charge is 0.221 e. The topological polar surface area (TPSA) is 79.1 Å². The standard InChI is InChI=1S/C22H25ClN6/c23-19-8-2-6-17(14-19)16-5-1-7-18(13-16)20-15-26-22(24)28-21(20)25-9-3-11-29-12-4-10-27-29/h1-2,5-8,13-15,27H,3-4,9-12H2,(H3,24,25,26,28). The average molecular weight is 409 g/mol. The quantitative estimate of drug-likeness (QED) is 0.511. The fourth-order valence-electron chi connectivity index (χ4n) is 3.53. The molecule has 1 saturated heterocycles. The zero-order valence-corrected chi connectivity index (χ0v) is 17.0. The van der Waals surface area contributed by atoms with Crippen molar-refractivity contribution in [3.05, 3.63) is 59.8 Å². The van der Waals surface area contributed by atoms with E-state index in [0.29, 0.717) is 0 Å². The van der Waals surface area contributed by atoms with Crippen LogP contribution in [0.4, 0.5) is 11.8 Å². The van der Waals surface area contributed by atoms with Gasteiger partial charge >= 0.3 is 0 Å². The number of benzene rings is 2. The van der Waals surface area contributed by atoms with Crippen LogP contribution in [0, 0.1) is 0 Å². The zero-order chi connectivity index (χ0) is 20.1. The Morgan fingerprint density at radius 3 is 2.69 bits per heavy atom. The summed E-state index contributed by atoms with van der Waals surface area (Å²) >= 11 is 6.16. The Balaban J connectivity index is 1.52. The molecule has 0 unspecified atom stereocenters. The van der Waals surface area contributed by atoms with E-state index in [9.17, 15) is 0 Å². The number of halogens is 1. The first-order valence-electron chi connectivity index (χ1n) is 9.90. The van der Waals surface area contributed by atoms with Crippen molar-refractivity contribution in [1.82, 2.24) is 20.4 Å². The van der Waals surface area contributed by atoms with E-state index < -0.39 is 0 Å². The minimum atomic E-state index is 0.267. The summed E-state index contributed by atoms with van der Waals surface area (Å²) < 4.78 is 0. The van der Waals surface area contributed by atoms with Gasteiger partial charge < -0.3 is 11.1 Å². The Morgan fingerprint density at radius 1 is 1.10 bits per heavy atom. The van der Waals surface area contributed by atoms with Gasteiger partial charge in [-0.2, -0.15) is 4.98 Å². The first-order valence-corrected chi connectivity index (χ1v) is 10.3. The normalized spacial score (nSPS) is 14.2. The number of nitrogens with two attached hydrogens (primary N) is 1. The van der Waals surface area contributed by atoms with Crippen LogP contribution in [0.5, 0.6) is 0 Å². The molecule has 1 fully saturated rings. The summed E-state index contributed by atoms with van der Waals surface area (Å²) in [6.07, 6.45) is 4.01. The monoisotopic (exact) mass is 408 g/mol. The van der Waals surface area contributed by atoms with E-state index in [1.54, 1.807) is 6.20 Å². The molecule has 0 radical (unpaired) electrons. The second-order valence-corrected chi connectivity index (χ2v) is 7.55. The number of hydrogen-bond donors (Lipinski definition) is 3. The number of nitrogens with zero attached hydrogens (tertiary/aromatic N) is 3. The van der Waals surface area contributed by atoms with Crippen LogP contribution in [0.15, 0.2) is 54.7 Å². The summed E-state index contributed by atoms with van der Waals surface area (Å²) in [5.41, 5.74) is 13.4. The molecular weight excluding hydrogens is 384 g/mol. The van der Waals surface area contributed by atoms with Gasteiger partial charge in [0.05, 0.1) is 0 Å². The van der Waals surface area contributed by atoms with Crippen LogP contribution >= 0.6 is 11.6 Å². The largest absolute Gasteiger partial charge is 0.369 e. The Kier molecular flexibility index (Phi) is 6.24. The number of nitrogens with one attached hydrogen (secondary N) is 2. The summed E-state index contributed by atoms with van der Waals surface area (Å²) in [7, 11) is 0. The maximum Gasteiger partial charge on any atom is 0.221 e. The molecule has 0 bridgehead atoms. The molecule has 7 heteroatoms. The fraction of sp³-hybridized carbons (Fsp3) is 0.273. The van der Waals surface area contributed by atoms with Gasteiger partial charge in [0.2, 0.25) is 5.95 Å². The first-order chi connectivity index (χ1) is 14.2. The lowest BCUT2D eigenvalue weighted by Crippen LogP contribution is -2.32. The molecule has 0 amide bonds. The lowest BCUT2D eigenvalue weighted by atomic mass is 10.00. The van der Waals surface area contributed by atoms with E-state index in [2.05, 4.69) is 50.0 Å². The van der Waals surface area contributed by atoms with Crippen LogP contribution in [0.25, 0.3) is 22.3 Å². The maximum absolute atomic E-state index is 6.16. The van der Waals surface area contributed by atoms with E-state index in [0.717, 1.165) is 65.7 Å². The van der Waals surface area contributed by atoms with Crippen molar-refractivity contribution in [3.63, 3.8) is 0 Å². The Hall–Kier alpha value is -2.67. The van der Waals surface area contributed by atoms with Gasteiger partial charge in [0.15, 0.2) is 0 Å². The first kappa shape index (κ1) is 19.6. The zero-order valence-electron chi connectivity index (χ0n) is 16.2. The van der Waals surface area contributed by atoms with Crippen LogP contribution in [0.3, 0.4) is 0 Å². The van der Waals surface area contributed by atoms with Crippen molar-refractivity contribution in [2.24, 2.45) is 0 Å². The summed E-state index contributed by atoms with van der Waals surface area (Å²) in [6.45, 7) is 4.01. The molecule has 29 heavy (non-hydrogen) atoms. The molecule has 6 nitrogen and oxygen atoms in total. The van der Waals surface area contributed by atoms with Crippen molar-refractivity contribution in [2.45, 2.75) is 12.8 Å². The van der Waals surface area contributed by atoms with Gasteiger partial charge in [-0.15, -0.1) is 0 Å². The van der Waals surface area contributed by atoms with E-state index in [4.69, 9.17) is 17.3 Å². The predicted molar refractivity (Wildman–Crippen MR) is 120 cm³/mol. The van der Waals surface area contributed by atoms with Crippen LogP contribution in [0.2, 0.25) is 5.02 Å². The van der Waals surface area contributed by atoms with Crippen LogP contribution in [-0.2, 0) is 0 Å². The molecule has 4 N–H and O–H groups in total. The van der Waals surface area contributed by atoms with Crippen molar-refractivity contribution < 1.29 is 0 Å². The molecule has 0 atom stereocenters. The number of anilines is 2. The summed E-state index contributed by atoms with van der Waals surface area (Å²) in [6, 6.07) is 16.1. The van der Waals surface area contributed by atoms with Crippen molar-refractivity contribution in [2.75, 3.05) is 37.2 Å². The van der Waals surface area contributed by atoms with Crippen molar-refractivity contribution in [1.29, 1.82) is 0 Å². The molecule has 0 aliphatic carbocycles. The molecule has 0 saturated carbocycles. The molecule has 4 rings (SSSR count). The van der Waals surface area contributed by atoms with Gasteiger partial charge in [0, 0.05) is 43.0 Å². The highest BCUT2D eigenvalue weighted by Crippen LogP contribution is 2.31. The van der Waals surface area contributed by atoms with Gasteiger partial charge in [-0.25, -0.2) is 9.99 Å². The summed E-state index contributed by atoms with van der Waals surface area (Å²) in [5, 5.41) is 6.43. The maximum atomic E-state index is 6.16. The molecule has 1 aromatic heterocycles. The molecule has 2 heterocycles. The average Bonchev–Trinajstić information content (AvgIpc) is 3.25. The van der Waals surface area contributed by atoms with E-state index in [1.807, 2.05) is 24.3 Å². The summed E-state index contributed by atoms with van der Waals surface area (Å²) in [4.78, 5) is 8.65. The third-order valence-corrected chi connectivity index (χ3v) is 5.21. The van der Waals surface area contributed by atoms with Gasteiger partial charge in [0.25, 0.3) is 0 Å². The number of rotatable bonds is 7.